The van der Waals surface area contributed by atoms with Gasteiger partial charge in [0.05, 0.1) is 0 Å². The van der Waals surface area contributed by atoms with Gasteiger partial charge < -0.3 is 4.90 Å². The molecule has 0 bridgehead atoms. The second-order valence-corrected chi connectivity index (χ2v) is 6.35. The quantitative estimate of drug-likeness (QED) is 0.552. The first kappa shape index (κ1) is 9.40. The Bertz CT molecular complexity index is 134. The van der Waals surface area contributed by atoms with Crippen molar-refractivity contribution in [2.24, 2.45) is 0 Å². The molecule has 1 aliphatic heterocycles. The summed E-state index contributed by atoms with van der Waals surface area (Å²) in [6.07, 6.45) is 1.32. The molecule has 0 radical (unpaired) electrons. The second kappa shape index (κ2) is 3.36. The van der Waals surface area contributed by atoms with Gasteiger partial charge in [-0.2, -0.15) is 11.8 Å². The second-order valence-electron chi connectivity index (χ2n) is 4.20. The van der Waals surface area contributed by atoms with Gasteiger partial charge in [-0.15, -0.1) is 0 Å². The molecule has 1 aliphatic rings. The van der Waals surface area contributed by atoms with Gasteiger partial charge in [0, 0.05) is 16.5 Å². The summed E-state index contributed by atoms with van der Waals surface area (Å²) in [6, 6.07) is 0. The molecule has 0 spiro atoms. The molecule has 1 nitrogen and oxygen atoms in total. The van der Waals surface area contributed by atoms with Crippen LogP contribution in [-0.2, 0) is 0 Å². The number of hydrogen-bond acceptors (Lipinski definition) is 2. The summed E-state index contributed by atoms with van der Waals surface area (Å²) >= 11 is 2.13. The highest BCUT2D eigenvalue weighted by atomic mass is 32.2. The molecular weight excluding hydrogens is 154 g/mol. The standard InChI is InChI=1S/C9H19NS/c1-8-7-10(4)6-5-9(2,3)11-8/h8H,5-7H2,1-4H3. The molecule has 1 saturated heterocycles. The lowest BCUT2D eigenvalue weighted by Gasteiger charge is -2.23. The van der Waals surface area contributed by atoms with Gasteiger partial charge in [-0.1, -0.05) is 20.8 Å². The Hall–Kier alpha value is 0.310. The van der Waals surface area contributed by atoms with E-state index in [1.807, 2.05) is 0 Å². The molecule has 1 unspecified atom stereocenters. The van der Waals surface area contributed by atoms with Gasteiger partial charge in [0.25, 0.3) is 0 Å². The van der Waals surface area contributed by atoms with Gasteiger partial charge in [-0.05, 0) is 20.0 Å². The lowest BCUT2D eigenvalue weighted by Crippen LogP contribution is -2.24. The molecule has 1 heterocycles. The first-order valence-electron chi connectivity index (χ1n) is 4.36. The Morgan fingerprint density at radius 1 is 1.45 bits per heavy atom. The van der Waals surface area contributed by atoms with Crippen LogP contribution in [0.15, 0.2) is 0 Å². The van der Waals surface area contributed by atoms with E-state index >= 15 is 0 Å². The van der Waals surface area contributed by atoms with E-state index in [1.54, 1.807) is 0 Å². The normalized spacial score (nSPS) is 33.3. The van der Waals surface area contributed by atoms with Gasteiger partial charge in [0.1, 0.15) is 0 Å². The summed E-state index contributed by atoms with van der Waals surface area (Å²) in [5.41, 5.74) is 0. The molecule has 0 aromatic carbocycles. The zero-order chi connectivity index (χ0) is 8.48. The van der Waals surface area contributed by atoms with Crippen LogP contribution in [0.25, 0.3) is 0 Å². The van der Waals surface area contributed by atoms with E-state index in [0.717, 1.165) is 5.25 Å². The highest BCUT2D eigenvalue weighted by Gasteiger charge is 2.25. The van der Waals surface area contributed by atoms with Crippen molar-refractivity contribution in [3.05, 3.63) is 0 Å². The largest absolute Gasteiger partial charge is 0.305 e. The van der Waals surface area contributed by atoms with Crippen LogP contribution in [0.1, 0.15) is 27.2 Å². The molecule has 66 valence electrons. The fraction of sp³-hybridized carbons (Fsp3) is 1.00. The van der Waals surface area contributed by atoms with Crippen LogP contribution in [0.5, 0.6) is 0 Å². The molecule has 0 N–H and O–H groups in total. The van der Waals surface area contributed by atoms with Crippen molar-refractivity contribution in [3.63, 3.8) is 0 Å². The van der Waals surface area contributed by atoms with Crippen LogP contribution in [0.4, 0.5) is 0 Å². The number of hydrogen-bond donors (Lipinski definition) is 0. The summed E-state index contributed by atoms with van der Waals surface area (Å²) in [7, 11) is 2.22. The Balaban J connectivity index is 2.53. The van der Waals surface area contributed by atoms with Crippen molar-refractivity contribution in [2.45, 2.75) is 37.2 Å². The smallest absolute Gasteiger partial charge is 0.0151 e. The maximum atomic E-state index is 2.44. The first-order chi connectivity index (χ1) is 4.99. The van der Waals surface area contributed by atoms with E-state index in [2.05, 4.69) is 44.5 Å². The van der Waals surface area contributed by atoms with E-state index < -0.39 is 0 Å². The minimum atomic E-state index is 0.490. The Morgan fingerprint density at radius 3 is 2.73 bits per heavy atom. The highest BCUT2D eigenvalue weighted by Crippen LogP contribution is 2.34. The third kappa shape index (κ3) is 3.04. The third-order valence-corrected chi connectivity index (χ3v) is 3.58. The lowest BCUT2D eigenvalue weighted by atomic mass is 10.1. The molecule has 0 aromatic rings. The van der Waals surface area contributed by atoms with Crippen molar-refractivity contribution < 1.29 is 0 Å². The number of thioether (sulfide) groups is 1. The fourth-order valence-corrected chi connectivity index (χ4v) is 3.26. The molecule has 11 heavy (non-hydrogen) atoms. The highest BCUT2D eigenvalue weighted by molar-refractivity contribution is 8.01. The van der Waals surface area contributed by atoms with Crippen LogP contribution < -0.4 is 0 Å². The molecule has 1 rings (SSSR count). The van der Waals surface area contributed by atoms with Crippen molar-refractivity contribution in [3.8, 4) is 0 Å². The predicted octanol–water partition coefficient (Wildman–Crippen LogP) is 2.22. The van der Waals surface area contributed by atoms with Crippen LogP contribution in [0.2, 0.25) is 0 Å². The van der Waals surface area contributed by atoms with Crippen molar-refractivity contribution in [1.29, 1.82) is 0 Å². The lowest BCUT2D eigenvalue weighted by molar-refractivity contribution is 0.332. The molecule has 0 aliphatic carbocycles. The van der Waals surface area contributed by atoms with Crippen LogP contribution in [0.3, 0.4) is 0 Å². The Kier molecular flexibility index (Phi) is 2.87. The minimum Gasteiger partial charge on any atom is -0.305 e. The zero-order valence-corrected chi connectivity index (χ0v) is 8.87. The van der Waals surface area contributed by atoms with Gasteiger partial charge in [0.15, 0.2) is 0 Å². The van der Waals surface area contributed by atoms with Gasteiger partial charge in [0.2, 0.25) is 0 Å². The Morgan fingerprint density at radius 2 is 2.09 bits per heavy atom. The SMILES string of the molecule is CC1CN(C)CCC(C)(C)S1. The van der Waals surface area contributed by atoms with Crippen molar-refractivity contribution in [1.82, 2.24) is 4.90 Å². The van der Waals surface area contributed by atoms with E-state index in [1.165, 1.54) is 19.5 Å². The molecule has 1 atom stereocenters. The minimum absolute atomic E-state index is 0.490. The fourth-order valence-electron chi connectivity index (χ4n) is 1.63. The molecule has 0 saturated carbocycles. The van der Waals surface area contributed by atoms with E-state index in [0.29, 0.717) is 4.75 Å². The van der Waals surface area contributed by atoms with Crippen LogP contribution >= 0.6 is 11.8 Å². The van der Waals surface area contributed by atoms with Gasteiger partial charge >= 0.3 is 0 Å². The Labute approximate surface area is 74.5 Å². The maximum absolute atomic E-state index is 2.44. The number of nitrogens with zero attached hydrogens (tertiary/aromatic N) is 1. The molecular formula is C9H19NS. The molecule has 0 amide bonds. The molecule has 0 aromatic heterocycles. The van der Waals surface area contributed by atoms with Crippen molar-refractivity contribution in [2.75, 3.05) is 20.1 Å². The van der Waals surface area contributed by atoms with E-state index in [9.17, 15) is 0 Å². The van der Waals surface area contributed by atoms with Crippen LogP contribution in [0, 0.1) is 0 Å². The molecule has 2 heteroatoms. The average Bonchev–Trinajstić information content (AvgIpc) is 1.90. The monoisotopic (exact) mass is 173 g/mol. The average molecular weight is 173 g/mol. The topological polar surface area (TPSA) is 3.24 Å². The van der Waals surface area contributed by atoms with Crippen LogP contribution in [-0.4, -0.2) is 35.0 Å². The zero-order valence-electron chi connectivity index (χ0n) is 8.05. The third-order valence-electron chi connectivity index (χ3n) is 2.18. The van der Waals surface area contributed by atoms with Crippen molar-refractivity contribution >= 4 is 11.8 Å². The summed E-state index contributed by atoms with van der Waals surface area (Å²) in [5, 5.41) is 0.789. The number of rotatable bonds is 0. The maximum Gasteiger partial charge on any atom is 0.0151 e. The first-order valence-corrected chi connectivity index (χ1v) is 5.24. The van der Waals surface area contributed by atoms with E-state index in [4.69, 9.17) is 0 Å². The van der Waals surface area contributed by atoms with E-state index in [-0.39, 0.29) is 0 Å². The summed E-state index contributed by atoms with van der Waals surface area (Å²) < 4.78 is 0.490. The van der Waals surface area contributed by atoms with Gasteiger partial charge in [-0.3, -0.25) is 0 Å². The summed E-state index contributed by atoms with van der Waals surface area (Å²) in [4.78, 5) is 2.44. The van der Waals surface area contributed by atoms with Gasteiger partial charge in [-0.25, -0.2) is 0 Å². The molecule has 1 fully saturated rings. The summed E-state index contributed by atoms with van der Waals surface area (Å²) in [6.45, 7) is 9.54. The predicted molar refractivity (Wildman–Crippen MR) is 53.2 cm³/mol. The summed E-state index contributed by atoms with van der Waals surface area (Å²) in [5.74, 6) is 0.